The van der Waals surface area contributed by atoms with Crippen molar-refractivity contribution < 1.29 is 4.79 Å². The Morgan fingerprint density at radius 3 is 2.15 bits per heavy atom. The number of nitrogens with one attached hydrogen (secondary N) is 1. The minimum absolute atomic E-state index is 0. The Morgan fingerprint density at radius 1 is 1.15 bits per heavy atom. The number of hydrogen-bond acceptors (Lipinski definition) is 2. The fourth-order valence-electron chi connectivity index (χ4n) is 1.96. The van der Waals surface area contributed by atoms with Crippen LogP contribution in [0.1, 0.15) is 44.9 Å². The van der Waals surface area contributed by atoms with Crippen molar-refractivity contribution in [1.82, 2.24) is 5.32 Å². The van der Waals surface area contributed by atoms with Gasteiger partial charge >= 0.3 is 0 Å². The highest BCUT2D eigenvalue weighted by Gasteiger charge is 2.14. The molecule has 114 valence electrons. The van der Waals surface area contributed by atoms with Crippen molar-refractivity contribution in [2.45, 2.75) is 40.2 Å². The zero-order valence-corrected chi connectivity index (χ0v) is 13.7. The number of hydrogen-bond donors (Lipinski definition) is 2. The zero-order chi connectivity index (χ0) is 14.4. The van der Waals surface area contributed by atoms with E-state index in [1.807, 2.05) is 13.8 Å². The van der Waals surface area contributed by atoms with E-state index in [-0.39, 0.29) is 30.3 Å². The standard InChI is InChI=1S/C16H26N2O.ClH/c1-11(2)9-14-5-7-15(8-6-14)13(4)18-16(19)12(3)10-17;/h5-8,11-13H,9-10,17H2,1-4H3,(H,18,19);1H. The number of rotatable bonds is 6. The van der Waals surface area contributed by atoms with Gasteiger partial charge in [-0.05, 0) is 30.4 Å². The zero-order valence-electron chi connectivity index (χ0n) is 12.8. The number of nitrogens with two attached hydrogens (primary N) is 1. The molecule has 1 rings (SSSR count). The molecule has 0 aliphatic rings. The summed E-state index contributed by atoms with van der Waals surface area (Å²) in [6.45, 7) is 8.65. The second kappa shape index (κ2) is 8.98. The first-order valence-corrected chi connectivity index (χ1v) is 7.03. The number of carbonyl (C=O) groups is 1. The van der Waals surface area contributed by atoms with E-state index in [9.17, 15) is 4.79 Å². The molecule has 3 nitrogen and oxygen atoms in total. The van der Waals surface area contributed by atoms with Crippen molar-refractivity contribution in [2.24, 2.45) is 17.6 Å². The van der Waals surface area contributed by atoms with Crippen LogP contribution in [0.5, 0.6) is 0 Å². The van der Waals surface area contributed by atoms with Gasteiger partial charge in [0.25, 0.3) is 0 Å². The number of benzene rings is 1. The Kier molecular flexibility index (Phi) is 8.51. The molecule has 0 aliphatic heterocycles. The molecule has 2 unspecified atom stereocenters. The van der Waals surface area contributed by atoms with Gasteiger partial charge < -0.3 is 11.1 Å². The fraction of sp³-hybridized carbons (Fsp3) is 0.562. The third-order valence-corrected chi connectivity index (χ3v) is 3.28. The molecule has 0 bridgehead atoms. The Hall–Kier alpha value is -1.06. The molecule has 0 heterocycles. The molecule has 0 aromatic heterocycles. The molecule has 20 heavy (non-hydrogen) atoms. The lowest BCUT2D eigenvalue weighted by atomic mass is 9.99. The van der Waals surface area contributed by atoms with Crippen LogP contribution in [0.3, 0.4) is 0 Å². The molecule has 0 saturated heterocycles. The summed E-state index contributed by atoms with van der Waals surface area (Å²) >= 11 is 0. The van der Waals surface area contributed by atoms with Gasteiger partial charge in [-0.15, -0.1) is 12.4 Å². The number of carbonyl (C=O) groups excluding carboxylic acids is 1. The summed E-state index contributed by atoms with van der Waals surface area (Å²) in [7, 11) is 0. The van der Waals surface area contributed by atoms with E-state index in [0.29, 0.717) is 12.5 Å². The van der Waals surface area contributed by atoms with Crippen LogP contribution in [-0.2, 0) is 11.2 Å². The molecule has 3 N–H and O–H groups in total. The van der Waals surface area contributed by atoms with Gasteiger partial charge in [0, 0.05) is 12.5 Å². The molecule has 0 aliphatic carbocycles. The lowest BCUT2D eigenvalue weighted by Gasteiger charge is -2.17. The SMILES string of the molecule is CC(C)Cc1ccc(C(C)NC(=O)C(C)CN)cc1.Cl. The Morgan fingerprint density at radius 2 is 1.70 bits per heavy atom. The van der Waals surface area contributed by atoms with Crippen LogP contribution in [0.15, 0.2) is 24.3 Å². The average molecular weight is 299 g/mol. The lowest BCUT2D eigenvalue weighted by molar-refractivity contribution is -0.124. The summed E-state index contributed by atoms with van der Waals surface area (Å²) in [6.07, 6.45) is 1.09. The monoisotopic (exact) mass is 298 g/mol. The quantitative estimate of drug-likeness (QED) is 0.848. The van der Waals surface area contributed by atoms with Gasteiger partial charge in [0.2, 0.25) is 5.91 Å². The van der Waals surface area contributed by atoms with Crippen molar-refractivity contribution in [3.8, 4) is 0 Å². The van der Waals surface area contributed by atoms with Crippen molar-refractivity contribution in [2.75, 3.05) is 6.54 Å². The van der Waals surface area contributed by atoms with Crippen LogP contribution in [0, 0.1) is 11.8 Å². The van der Waals surface area contributed by atoms with Crippen LogP contribution >= 0.6 is 12.4 Å². The van der Waals surface area contributed by atoms with E-state index in [1.165, 1.54) is 5.56 Å². The lowest BCUT2D eigenvalue weighted by Crippen LogP contribution is -2.34. The van der Waals surface area contributed by atoms with Gasteiger partial charge in [-0.1, -0.05) is 45.0 Å². The highest BCUT2D eigenvalue weighted by molar-refractivity contribution is 5.85. The van der Waals surface area contributed by atoms with Crippen molar-refractivity contribution in [3.05, 3.63) is 35.4 Å². The van der Waals surface area contributed by atoms with Gasteiger partial charge in [-0.2, -0.15) is 0 Å². The normalized spacial score (nSPS) is 13.5. The predicted molar refractivity (Wildman–Crippen MR) is 87.0 cm³/mol. The van der Waals surface area contributed by atoms with Crippen molar-refractivity contribution in [3.63, 3.8) is 0 Å². The molecule has 0 saturated carbocycles. The van der Waals surface area contributed by atoms with Gasteiger partial charge in [0.05, 0.1) is 6.04 Å². The van der Waals surface area contributed by atoms with E-state index >= 15 is 0 Å². The molecule has 4 heteroatoms. The maximum atomic E-state index is 11.8. The topological polar surface area (TPSA) is 55.1 Å². The molecule has 2 atom stereocenters. The van der Waals surface area contributed by atoms with Crippen LogP contribution in [0.2, 0.25) is 0 Å². The maximum absolute atomic E-state index is 11.8. The summed E-state index contributed by atoms with van der Waals surface area (Å²) in [5.74, 6) is 0.539. The Balaban J connectivity index is 0.00000361. The maximum Gasteiger partial charge on any atom is 0.224 e. The summed E-state index contributed by atoms with van der Waals surface area (Å²) in [6, 6.07) is 8.50. The summed E-state index contributed by atoms with van der Waals surface area (Å²) in [5.41, 5.74) is 7.96. The van der Waals surface area contributed by atoms with Gasteiger partial charge in [0.1, 0.15) is 0 Å². The molecule has 0 spiro atoms. The largest absolute Gasteiger partial charge is 0.349 e. The minimum Gasteiger partial charge on any atom is -0.349 e. The highest BCUT2D eigenvalue weighted by Crippen LogP contribution is 2.16. The Labute approximate surface area is 128 Å². The summed E-state index contributed by atoms with van der Waals surface area (Å²) in [4.78, 5) is 11.8. The summed E-state index contributed by atoms with van der Waals surface area (Å²) < 4.78 is 0. The number of halogens is 1. The van der Waals surface area contributed by atoms with E-state index in [0.717, 1.165) is 12.0 Å². The molecule has 1 aromatic carbocycles. The molecular weight excluding hydrogens is 272 g/mol. The second-order valence-corrected chi connectivity index (χ2v) is 5.71. The predicted octanol–water partition coefficient (Wildman–Crippen LogP) is 3.08. The molecule has 0 fully saturated rings. The van der Waals surface area contributed by atoms with E-state index in [4.69, 9.17) is 5.73 Å². The first-order chi connectivity index (χ1) is 8.93. The summed E-state index contributed by atoms with van der Waals surface area (Å²) in [5, 5.41) is 2.99. The van der Waals surface area contributed by atoms with Crippen molar-refractivity contribution in [1.29, 1.82) is 0 Å². The van der Waals surface area contributed by atoms with E-state index < -0.39 is 0 Å². The molecule has 1 amide bonds. The van der Waals surface area contributed by atoms with Crippen LogP contribution in [0.4, 0.5) is 0 Å². The second-order valence-electron chi connectivity index (χ2n) is 5.71. The first kappa shape index (κ1) is 18.9. The van der Waals surface area contributed by atoms with E-state index in [2.05, 4.69) is 43.4 Å². The van der Waals surface area contributed by atoms with Crippen molar-refractivity contribution >= 4 is 18.3 Å². The minimum atomic E-state index is -0.136. The third kappa shape index (κ3) is 5.93. The van der Waals surface area contributed by atoms with Crippen LogP contribution in [0.25, 0.3) is 0 Å². The molecule has 1 aromatic rings. The molecular formula is C16H27ClN2O. The number of amides is 1. The van der Waals surface area contributed by atoms with E-state index in [1.54, 1.807) is 0 Å². The highest BCUT2D eigenvalue weighted by atomic mass is 35.5. The molecule has 0 radical (unpaired) electrons. The fourth-order valence-corrected chi connectivity index (χ4v) is 1.96. The smallest absolute Gasteiger partial charge is 0.224 e. The Bertz CT molecular complexity index is 403. The van der Waals surface area contributed by atoms with Crippen LogP contribution in [-0.4, -0.2) is 12.5 Å². The van der Waals surface area contributed by atoms with Gasteiger partial charge in [0.15, 0.2) is 0 Å². The first-order valence-electron chi connectivity index (χ1n) is 7.03. The third-order valence-electron chi connectivity index (χ3n) is 3.28. The van der Waals surface area contributed by atoms with Crippen LogP contribution < -0.4 is 11.1 Å². The average Bonchev–Trinajstić information content (AvgIpc) is 2.37. The van der Waals surface area contributed by atoms with Gasteiger partial charge in [-0.25, -0.2) is 0 Å². The van der Waals surface area contributed by atoms with Gasteiger partial charge in [-0.3, -0.25) is 4.79 Å².